The summed E-state index contributed by atoms with van der Waals surface area (Å²) in [5.41, 5.74) is 1.07. The van der Waals surface area contributed by atoms with Crippen LogP contribution in [0.3, 0.4) is 0 Å². The third kappa shape index (κ3) is 3.32. The normalized spacial score (nSPS) is 32.3. The summed E-state index contributed by atoms with van der Waals surface area (Å²) in [6, 6.07) is 8.18. The van der Waals surface area contributed by atoms with E-state index in [0.717, 1.165) is 57.2 Å². The highest BCUT2D eigenvalue weighted by Gasteiger charge is 2.61. The van der Waals surface area contributed by atoms with Crippen LogP contribution in [0.15, 0.2) is 36.9 Å². The summed E-state index contributed by atoms with van der Waals surface area (Å²) in [6.07, 6.45) is 12.0. The molecule has 2 aromatic rings. The van der Waals surface area contributed by atoms with Gasteiger partial charge in [-0.3, -0.25) is 4.79 Å². The first-order valence-electron chi connectivity index (χ1n) is 10.9. The van der Waals surface area contributed by atoms with E-state index in [9.17, 15) is 4.79 Å². The molecule has 1 amide bonds. The standard InChI is InChI=1S/C23H30N4O2/c1-29-20-6-4-17(5-7-20)3-2-8-25-21(28)22-10-18-9-19(11-22)13-23(12-18,14-22)27-16-24-15-26-27/h4-7,15-16,18-19H,2-3,8-14H2,1H3,(H,25,28). The fourth-order valence-electron chi connectivity index (χ4n) is 6.68. The molecule has 1 aromatic heterocycles. The van der Waals surface area contributed by atoms with Gasteiger partial charge in [-0.1, -0.05) is 12.1 Å². The first-order chi connectivity index (χ1) is 14.1. The van der Waals surface area contributed by atoms with Crippen LogP contribution in [0.25, 0.3) is 0 Å². The first-order valence-corrected chi connectivity index (χ1v) is 10.9. The molecule has 6 heteroatoms. The number of hydrogen-bond donors (Lipinski definition) is 1. The van der Waals surface area contributed by atoms with E-state index in [0.29, 0.717) is 11.8 Å². The van der Waals surface area contributed by atoms with Crippen molar-refractivity contribution in [3.8, 4) is 5.75 Å². The summed E-state index contributed by atoms with van der Waals surface area (Å²) in [5, 5.41) is 7.77. The summed E-state index contributed by atoms with van der Waals surface area (Å²) < 4.78 is 7.28. The van der Waals surface area contributed by atoms with Gasteiger partial charge in [-0.05, 0) is 80.9 Å². The van der Waals surface area contributed by atoms with Gasteiger partial charge >= 0.3 is 0 Å². The average molecular weight is 395 g/mol. The second-order valence-corrected chi connectivity index (χ2v) is 9.51. The van der Waals surface area contributed by atoms with Crippen molar-refractivity contribution in [2.75, 3.05) is 13.7 Å². The zero-order valence-corrected chi connectivity index (χ0v) is 17.1. The molecule has 6 rings (SSSR count). The van der Waals surface area contributed by atoms with Gasteiger partial charge < -0.3 is 10.1 Å². The maximum absolute atomic E-state index is 13.3. The van der Waals surface area contributed by atoms with Crippen molar-refractivity contribution in [2.45, 2.75) is 56.9 Å². The van der Waals surface area contributed by atoms with Crippen molar-refractivity contribution in [3.05, 3.63) is 42.5 Å². The SMILES string of the molecule is COc1ccc(CCCNC(=O)C23CC4CC(C2)CC(n2cncn2)(C4)C3)cc1. The Morgan fingerprint density at radius 3 is 2.62 bits per heavy atom. The fourth-order valence-corrected chi connectivity index (χ4v) is 6.68. The number of benzene rings is 1. The number of aromatic nitrogens is 3. The summed E-state index contributed by atoms with van der Waals surface area (Å²) >= 11 is 0. The summed E-state index contributed by atoms with van der Waals surface area (Å²) in [7, 11) is 1.68. The predicted molar refractivity (Wildman–Crippen MR) is 109 cm³/mol. The lowest BCUT2D eigenvalue weighted by molar-refractivity contribution is -0.156. The third-order valence-corrected chi connectivity index (χ3v) is 7.50. The number of aryl methyl sites for hydroxylation is 1. The zero-order valence-electron chi connectivity index (χ0n) is 17.1. The van der Waals surface area contributed by atoms with Gasteiger partial charge in [0.1, 0.15) is 18.4 Å². The predicted octanol–water partition coefficient (Wildman–Crippen LogP) is 3.33. The van der Waals surface area contributed by atoms with E-state index in [2.05, 4.69) is 32.2 Å². The number of methoxy groups -OCH3 is 1. The van der Waals surface area contributed by atoms with Crippen molar-refractivity contribution in [2.24, 2.45) is 17.3 Å². The maximum Gasteiger partial charge on any atom is 0.226 e. The van der Waals surface area contributed by atoms with E-state index in [-0.39, 0.29) is 16.9 Å². The van der Waals surface area contributed by atoms with E-state index in [1.165, 1.54) is 12.0 Å². The van der Waals surface area contributed by atoms with Crippen molar-refractivity contribution >= 4 is 5.91 Å². The van der Waals surface area contributed by atoms with Crippen LogP contribution in [0.2, 0.25) is 0 Å². The lowest BCUT2D eigenvalue weighted by Crippen LogP contribution is -2.61. The molecule has 1 heterocycles. The molecule has 4 bridgehead atoms. The fraction of sp³-hybridized carbons (Fsp3) is 0.609. The second kappa shape index (κ2) is 7.15. The molecule has 2 atom stereocenters. The van der Waals surface area contributed by atoms with Crippen molar-refractivity contribution < 1.29 is 9.53 Å². The second-order valence-electron chi connectivity index (χ2n) is 9.51. The zero-order chi connectivity index (χ0) is 19.9. The Kier molecular flexibility index (Phi) is 4.60. The molecule has 4 saturated carbocycles. The molecule has 1 N–H and O–H groups in total. The quantitative estimate of drug-likeness (QED) is 0.732. The highest BCUT2D eigenvalue weighted by Crippen LogP contribution is 2.64. The number of nitrogens with one attached hydrogen (secondary N) is 1. The topological polar surface area (TPSA) is 69.0 Å². The molecule has 1 aromatic carbocycles. The molecule has 0 saturated heterocycles. The van der Waals surface area contributed by atoms with Crippen LogP contribution in [0.1, 0.15) is 50.5 Å². The van der Waals surface area contributed by atoms with E-state index in [4.69, 9.17) is 4.74 Å². The highest BCUT2D eigenvalue weighted by molar-refractivity contribution is 5.83. The number of amides is 1. The number of nitrogens with zero attached hydrogens (tertiary/aromatic N) is 3. The molecular weight excluding hydrogens is 364 g/mol. The van der Waals surface area contributed by atoms with E-state index in [1.807, 2.05) is 18.5 Å². The van der Waals surface area contributed by atoms with Crippen LogP contribution in [-0.4, -0.2) is 34.3 Å². The van der Waals surface area contributed by atoms with E-state index >= 15 is 0 Å². The lowest BCUT2D eigenvalue weighted by Gasteiger charge is -2.60. The minimum Gasteiger partial charge on any atom is -0.497 e. The van der Waals surface area contributed by atoms with Gasteiger partial charge in [-0.15, -0.1) is 0 Å². The monoisotopic (exact) mass is 394 g/mol. The van der Waals surface area contributed by atoms with Crippen LogP contribution in [-0.2, 0) is 16.8 Å². The first kappa shape index (κ1) is 18.6. The Labute approximate surface area is 172 Å². The van der Waals surface area contributed by atoms with E-state index < -0.39 is 0 Å². The van der Waals surface area contributed by atoms with Crippen molar-refractivity contribution in [1.82, 2.24) is 20.1 Å². The number of hydrogen-bond acceptors (Lipinski definition) is 4. The maximum atomic E-state index is 13.3. The van der Waals surface area contributed by atoms with Crippen LogP contribution in [0.5, 0.6) is 5.75 Å². The summed E-state index contributed by atoms with van der Waals surface area (Å²) in [6.45, 7) is 0.734. The number of ether oxygens (including phenoxy) is 1. The number of carbonyl (C=O) groups excluding carboxylic acids is 1. The Morgan fingerprint density at radius 2 is 1.97 bits per heavy atom. The molecule has 0 aliphatic heterocycles. The molecule has 29 heavy (non-hydrogen) atoms. The van der Waals surface area contributed by atoms with Gasteiger partial charge in [-0.25, -0.2) is 9.67 Å². The van der Waals surface area contributed by atoms with Crippen molar-refractivity contribution in [3.63, 3.8) is 0 Å². The van der Waals surface area contributed by atoms with E-state index in [1.54, 1.807) is 13.4 Å². The van der Waals surface area contributed by atoms with Gasteiger partial charge in [-0.2, -0.15) is 5.10 Å². The van der Waals surface area contributed by atoms with Gasteiger partial charge in [0.2, 0.25) is 5.91 Å². The largest absolute Gasteiger partial charge is 0.497 e. The molecule has 2 unspecified atom stereocenters. The summed E-state index contributed by atoms with van der Waals surface area (Å²) in [4.78, 5) is 17.5. The molecule has 6 nitrogen and oxygen atoms in total. The van der Waals surface area contributed by atoms with Crippen LogP contribution < -0.4 is 10.1 Å². The molecular formula is C23H30N4O2. The molecule has 4 fully saturated rings. The van der Waals surface area contributed by atoms with Gasteiger partial charge in [0.05, 0.1) is 18.1 Å². The van der Waals surface area contributed by atoms with Gasteiger partial charge in [0.15, 0.2) is 0 Å². The molecule has 4 aliphatic carbocycles. The smallest absolute Gasteiger partial charge is 0.226 e. The van der Waals surface area contributed by atoms with Crippen LogP contribution >= 0.6 is 0 Å². The Balaban J connectivity index is 1.21. The van der Waals surface area contributed by atoms with Gasteiger partial charge in [0, 0.05) is 6.54 Å². The number of carbonyl (C=O) groups is 1. The molecule has 0 radical (unpaired) electrons. The Bertz CT molecular complexity index is 848. The average Bonchev–Trinajstić information content (AvgIpc) is 3.26. The Hall–Kier alpha value is -2.37. The summed E-state index contributed by atoms with van der Waals surface area (Å²) in [5.74, 6) is 2.44. The van der Waals surface area contributed by atoms with Crippen LogP contribution in [0.4, 0.5) is 0 Å². The van der Waals surface area contributed by atoms with Crippen molar-refractivity contribution in [1.29, 1.82) is 0 Å². The highest BCUT2D eigenvalue weighted by atomic mass is 16.5. The number of rotatable bonds is 7. The Morgan fingerprint density at radius 1 is 1.21 bits per heavy atom. The molecule has 0 spiro atoms. The molecule has 4 aliphatic rings. The minimum atomic E-state index is -0.212. The van der Waals surface area contributed by atoms with Gasteiger partial charge in [0.25, 0.3) is 0 Å². The van der Waals surface area contributed by atoms with Crippen LogP contribution in [0, 0.1) is 17.3 Å². The molecule has 154 valence electrons. The lowest BCUT2D eigenvalue weighted by atomic mass is 9.46. The third-order valence-electron chi connectivity index (χ3n) is 7.50. The minimum absolute atomic E-state index is 0.00101.